The first-order valence-electron chi connectivity index (χ1n) is 10.5. The second kappa shape index (κ2) is 9.29. The Morgan fingerprint density at radius 1 is 1.03 bits per heavy atom. The van der Waals surface area contributed by atoms with Gasteiger partial charge in [0, 0.05) is 6.54 Å². The fourth-order valence-electron chi connectivity index (χ4n) is 4.09. The Kier molecular flexibility index (Phi) is 6.30. The van der Waals surface area contributed by atoms with Crippen LogP contribution < -0.4 is 5.32 Å². The van der Waals surface area contributed by atoms with Crippen molar-refractivity contribution in [3.63, 3.8) is 0 Å². The molecule has 2 atom stereocenters. The molecule has 1 aliphatic heterocycles. The van der Waals surface area contributed by atoms with E-state index in [2.05, 4.69) is 5.32 Å². The Balaban J connectivity index is 1.48. The van der Waals surface area contributed by atoms with Crippen LogP contribution >= 0.6 is 0 Å². The topological polar surface area (TPSA) is 58.6 Å². The van der Waals surface area contributed by atoms with Gasteiger partial charge < -0.3 is 15.0 Å². The summed E-state index contributed by atoms with van der Waals surface area (Å²) in [6.07, 6.45) is 5.00. The van der Waals surface area contributed by atoms with Crippen molar-refractivity contribution >= 4 is 17.9 Å². The standard InChI is InChI=1S/C24H24F2N2O3/c25-18-9-5-16(6-10-18)13-22-24(30)28(20-3-1-2-4-21(20)31-22)15-23(29)27-14-17-7-11-19(26)12-8-17/h5-13,20-21H,1-4,14-15H2,(H,27,29)/b22-13+. The molecule has 1 heterocycles. The van der Waals surface area contributed by atoms with Gasteiger partial charge in [0.25, 0.3) is 5.91 Å². The highest BCUT2D eigenvalue weighted by molar-refractivity contribution is 5.98. The molecule has 0 spiro atoms. The molecule has 2 amide bonds. The molecule has 2 aromatic rings. The minimum absolute atomic E-state index is 0.0781. The van der Waals surface area contributed by atoms with Gasteiger partial charge in [-0.15, -0.1) is 0 Å². The number of hydrogen-bond donors (Lipinski definition) is 1. The number of morpholine rings is 1. The number of nitrogens with one attached hydrogen (secondary N) is 1. The maximum absolute atomic E-state index is 13.2. The van der Waals surface area contributed by atoms with Gasteiger partial charge in [0.15, 0.2) is 5.76 Å². The van der Waals surface area contributed by atoms with E-state index in [1.165, 1.54) is 24.3 Å². The highest BCUT2D eigenvalue weighted by Gasteiger charge is 2.42. The number of hydrogen-bond acceptors (Lipinski definition) is 3. The molecule has 0 radical (unpaired) electrons. The van der Waals surface area contributed by atoms with Crippen LogP contribution in [-0.2, 0) is 20.9 Å². The van der Waals surface area contributed by atoms with Crippen molar-refractivity contribution in [2.24, 2.45) is 0 Å². The number of fused-ring (bicyclic) bond motifs is 1. The lowest BCUT2D eigenvalue weighted by Crippen LogP contribution is -2.57. The van der Waals surface area contributed by atoms with Gasteiger partial charge in [0.1, 0.15) is 24.3 Å². The summed E-state index contributed by atoms with van der Waals surface area (Å²) >= 11 is 0. The summed E-state index contributed by atoms with van der Waals surface area (Å²) in [5.74, 6) is -1.15. The zero-order valence-corrected chi connectivity index (χ0v) is 17.0. The van der Waals surface area contributed by atoms with Gasteiger partial charge in [0.2, 0.25) is 5.91 Å². The number of halogens is 2. The Hall–Kier alpha value is -3.22. The van der Waals surface area contributed by atoms with Crippen molar-refractivity contribution in [1.29, 1.82) is 0 Å². The minimum atomic E-state index is -0.357. The number of carbonyl (C=O) groups is 2. The molecule has 2 unspecified atom stereocenters. The van der Waals surface area contributed by atoms with Crippen molar-refractivity contribution < 1.29 is 23.1 Å². The molecular formula is C24H24F2N2O3. The predicted octanol–water partition coefficient (Wildman–Crippen LogP) is 3.79. The summed E-state index contributed by atoms with van der Waals surface area (Å²) in [5.41, 5.74) is 1.43. The number of ether oxygens (including phenoxy) is 1. The van der Waals surface area contributed by atoms with Crippen LogP contribution in [0.5, 0.6) is 0 Å². The lowest BCUT2D eigenvalue weighted by atomic mass is 9.89. The average Bonchev–Trinajstić information content (AvgIpc) is 2.77. The van der Waals surface area contributed by atoms with Crippen LogP contribution in [0.25, 0.3) is 6.08 Å². The lowest BCUT2D eigenvalue weighted by molar-refractivity contribution is -0.151. The van der Waals surface area contributed by atoms with Gasteiger partial charge in [-0.2, -0.15) is 0 Å². The molecule has 0 bridgehead atoms. The summed E-state index contributed by atoms with van der Waals surface area (Å²) in [4.78, 5) is 27.3. The Bertz CT molecular complexity index is 973. The van der Waals surface area contributed by atoms with Gasteiger partial charge in [-0.05, 0) is 60.7 Å². The predicted molar refractivity (Wildman–Crippen MR) is 111 cm³/mol. The first-order valence-corrected chi connectivity index (χ1v) is 10.5. The van der Waals surface area contributed by atoms with Gasteiger partial charge in [-0.25, -0.2) is 8.78 Å². The molecule has 1 N–H and O–H groups in total. The molecule has 1 saturated carbocycles. The smallest absolute Gasteiger partial charge is 0.289 e. The SMILES string of the molecule is O=C(CN1C(=O)/C(=C\c2ccc(F)cc2)OC2CCCCC21)NCc1ccc(F)cc1. The van der Waals surface area contributed by atoms with Crippen molar-refractivity contribution in [3.8, 4) is 0 Å². The molecule has 2 fully saturated rings. The average molecular weight is 426 g/mol. The third-order valence-corrected chi connectivity index (χ3v) is 5.70. The van der Waals surface area contributed by atoms with Gasteiger partial charge in [-0.3, -0.25) is 9.59 Å². The number of benzene rings is 2. The summed E-state index contributed by atoms with van der Waals surface area (Å²) < 4.78 is 32.2. The second-order valence-electron chi connectivity index (χ2n) is 7.90. The molecule has 1 saturated heterocycles. The summed E-state index contributed by atoms with van der Waals surface area (Å²) in [6, 6.07) is 11.5. The third-order valence-electron chi connectivity index (χ3n) is 5.70. The molecule has 0 aromatic heterocycles. The molecule has 31 heavy (non-hydrogen) atoms. The Labute approximate surface area is 179 Å². The van der Waals surface area contributed by atoms with Crippen LogP contribution in [0.4, 0.5) is 8.78 Å². The fraction of sp³-hybridized carbons (Fsp3) is 0.333. The van der Waals surface area contributed by atoms with Crippen molar-refractivity contribution in [2.75, 3.05) is 6.54 Å². The largest absolute Gasteiger partial charge is 0.482 e. The molecule has 1 aliphatic carbocycles. The van der Waals surface area contributed by atoms with Crippen LogP contribution in [0, 0.1) is 11.6 Å². The first kappa shape index (κ1) is 21.0. The highest BCUT2D eigenvalue weighted by Crippen LogP contribution is 2.33. The fourth-order valence-corrected chi connectivity index (χ4v) is 4.09. The maximum Gasteiger partial charge on any atom is 0.289 e. The number of carbonyl (C=O) groups excluding carboxylic acids is 2. The highest BCUT2D eigenvalue weighted by atomic mass is 19.1. The normalized spacial score (nSPS) is 22.1. The van der Waals surface area contributed by atoms with Crippen LogP contribution in [0.1, 0.15) is 36.8 Å². The Morgan fingerprint density at radius 2 is 1.68 bits per heavy atom. The summed E-state index contributed by atoms with van der Waals surface area (Å²) in [5, 5.41) is 2.80. The van der Waals surface area contributed by atoms with Gasteiger partial charge >= 0.3 is 0 Å². The quantitative estimate of drug-likeness (QED) is 0.740. The van der Waals surface area contributed by atoms with Crippen molar-refractivity contribution in [2.45, 2.75) is 44.4 Å². The molecule has 2 aliphatic rings. The zero-order chi connectivity index (χ0) is 21.8. The summed E-state index contributed by atoms with van der Waals surface area (Å²) in [7, 11) is 0. The molecule has 7 heteroatoms. The number of rotatable bonds is 5. The van der Waals surface area contributed by atoms with Crippen LogP contribution in [0.15, 0.2) is 54.3 Å². The number of nitrogens with zero attached hydrogens (tertiary/aromatic N) is 1. The zero-order valence-electron chi connectivity index (χ0n) is 17.0. The van der Waals surface area contributed by atoms with E-state index in [-0.39, 0.29) is 54.4 Å². The molecule has 5 nitrogen and oxygen atoms in total. The van der Waals surface area contributed by atoms with E-state index in [0.29, 0.717) is 5.56 Å². The first-order chi connectivity index (χ1) is 15.0. The number of amides is 2. The third kappa shape index (κ3) is 5.10. The maximum atomic E-state index is 13.2. The van der Waals surface area contributed by atoms with E-state index in [4.69, 9.17) is 4.74 Å². The van der Waals surface area contributed by atoms with Crippen molar-refractivity contribution in [1.82, 2.24) is 10.2 Å². The van der Waals surface area contributed by atoms with Crippen LogP contribution in [-0.4, -0.2) is 35.4 Å². The minimum Gasteiger partial charge on any atom is -0.482 e. The molecule has 4 rings (SSSR count). The van der Waals surface area contributed by atoms with E-state index in [1.807, 2.05) is 0 Å². The van der Waals surface area contributed by atoms with Gasteiger partial charge in [0.05, 0.1) is 6.04 Å². The van der Waals surface area contributed by atoms with E-state index in [0.717, 1.165) is 31.2 Å². The molecule has 162 valence electrons. The lowest BCUT2D eigenvalue weighted by Gasteiger charge is -2.44. The van der Waals surface area contributed by atoms with Gasteiger partial charge in [-0.1, -0.05) is 30.7 Å². The molecular weight excluding hydrogens is 402 g/mol. The van der Waals surface area contributed by atoms with E-state index < -0.39 is 0 Å². The van der Waals surface area contributed by atoms with Crippen LogP contribution in [0.3, 0.4) is 0 Å². The Morgan fingerprint density at radius 3 is 2.39 bits per heavy atom. The van der Waals surface area contributed by atoms with E-state index in [9.17, 15) is 18.4 Å². The van der Waals surface area contributed by atoms with E-state index >= 15 is 0 Å². The van der Waals surface area contributed by atoms with E-state index in [1.54, 1.807) is 35.2 Å². The second-order valence-corrected chi connectivity index (χ2v) is 7.90. The van der Waals surface area contributed by atoms with Crippen molar-refractivity contribution in [3.05, 3.63) is 77.1 Å². The summed E-state index contributed by atoms with van der Waals surface area (Å²) in [6.45, 7) is 0.176. The monoisotopic (exact) mass is 426 g/mol. The van der Waals surface area contributed by atoms with Crippen LogP contribution in [0.2, 0.25) is 0 Å². The molecule has 2 aromatic carbocycles.